The van der Waals surface area contributed by atoms with Gasteiger partial charge in [0.25, 0.3) is 0 Å². The smallest absolute Gasteiger partial charge is 0.426 e. The maximum atomic E-state index is 13.9. The van der Waals surface area contributed by atoms with Crippen molar-refractivity contribution < 1.29 is 28.7 Å². The van der Waals surface area contributed by atoms with Crippen LogP contribution in [0.2, 0.25) is 0 Å². The van der Waals surface area contributed by atoms with Crippen molar-refractivity contribution in [3.05, 3.63) is 103 Å². The number of methoxy groups -OCH3 is 1. The molecule has 2 atom stereocenters. The lowest BCUT2D eigenvalue weighted by atomic mass is 9.85. The molecule has 1 aliphatic carbocycles. The largest absolute Gasteiger partial charge is 0.452 e. The lowest BCUT2D eigenvalue weighted by molar-refractivity contribution is -0.137. The van der Waals surface area contributed by atoms with Gasteiger partial charge in [-0.05, 0) is 131 Å². The molecule has 3 aliphatic rings. The summed E-state index contributed by atoms with van der Waals surface area (Å²) in [6, 6.07) is 29.1. The number of nitrogens with one attached hydrogen (secondary N) is 4. The summed E-state index contributed by atoms with van der Waals surface area (Å²) in [6.45, 7) is 6.79. The summed E-state index contributed by atoms with van der Waals surface area (Å²) in [7, 11) is 1.26. The van der Waals surface area contributed by atoms with Crippen molar-refractivity contribution in [2.75, 3.05) is 25.2 Å². The van der Waals surface area contributed by atoms with Gasteiger partial charge in [-0.25, -0.2) is 29.8 Å². The van der Waals surface area contributed by atoms with E-state index in [2.05, 4.69) is 69.2 Å². The van der Waals surface area contributed by atoms with E-state index >= 15 is 0 Å². The Bertz CT molecular complexity index is 2660. The number of H-pyrrole nitrogens is 2. The van der Waals surface area contributed by atoms with Gasteiger partial charge < -0.3 is 34.6 Å². The van der Waals surface area contributed by atoms with Crippen LogP contribution in [-0.2, 0) is 14.3 Å². The molecule has 15 heteroatoms. The quantitative estimate of drug-likeness (QED) is 0.115. The predicted molar refractivity (Wildman–Crippen MR) is 244 cm³/mol. The van der Waals surface area contributed by atoms with Crippen LogP contribution < -0.4 is 15.8 Å². The summed E-state index contributed by atoms with van der Waals surface area (Å²) in [5.74, 6) is 1.63. The summed E-state index contributed by atoms with van der Waals surface area (Å²) in [6.07, 6.45) is 5.15. The molecular weight excluding hydrogens is 811 g/mol. The van der Waals surface area contributed by atoms with Crippen molar-refractivity contribution in [2.45, 2.75) is 95.9 Å². The summed E-state index contributed by atoms with van der Waals surface area (Å²) in [5.41, 5.74) is 10.2. The van der Waals surface area contributed by atoms with E-state index in [1.54, 1.807) is 29.2 Å². The van der Waals surface area contributed by atoms with Gasteiger partial charge in [-0.15, -0.1) is 0 Å². The molecule has 5 amide bonds. The van der Waals surface area contributed by atoms with Gasteiger partial charge in [0.2, 0.25) is 5.91 Å². The van der Waals surface area contributed by atoms with Gasteiger partial charge in [-0.1, -0.05) is 54.6 Å². The average molecular weight is 866 g/mol. The Balaban J connectivity index is 0.856. The number of rotatable bonds is 7. The third-order valence-electron chi connectivity index (χ3n) is 12.6. The summed E-state index contributed by atoms with van der Waals surface area (Å²) < 4.78 is 10.2. The highest BCUT2D eigenvalue weighted by molar-refractivity contribution is 5.94. The van der Waals surface area contributed by atoms with Crippen LogP contribution in [0.3, 0.4) is 0 Å². The molecule has 4 heterocycles. The number of aromatic amines is 2. The van der Waals surface area contributed by atoms with Crippen LogP contribution >= 0.6 is 0 Å². The van der Waals surface area contributed by atoms with Gasteiger partial charge in [-0.3, -0.25) is 4.79 Å². The Morgan fingerprint density at radius 2 is 1.20 bits per heavy atom. The number of nitrogens with zero attached hydrogens (tertiary/aromatic N) is 5. The van der Waals surface area contributed by atoms with Crippen LogP contribution in [0.4, 0.5) is 20.1 Å². The zero-order chi connectivity index (χ0) is 44.5. The van der Waals surface area contributed by atoms with Crippen molar-refractivity contribution >= 4 is 51.9 Å². The fraction of sp³-hybridized carbons (Fsp3) is 0.388. The van der Waals surface area contributed by atoms with Crippen molar-refractivity contribution in [1.29, 1.82) is 0 Å². The molecule has 64 heavy (non-hydrogen) atoms. The molecule has 15 nitrogen and oxygen atoms in total. The lowest BCUT2D eigenvalue weighted by Gasteiger charge is -2.33. The molecule has 0 unspecified atom stereocenters. The highest BCUT2D eigenvalue weighted by atomic mass is 16.6. The van der Waals surface area contributed by atoms with Crippen molar-refractivity contribution in [1.82, 2.24) is 40.5 Å². The fourth-order valence-corrected chi connectivity index (χ4v) is 9.44. The second-order valence-corrected chi connectivity index (χ2v) is 18.1. The highest BCUT2D eigenvalue weighted by Crippen LogP contribution is 2.38. The monoisotopic (exact) mass is 865 g/mol. The molecule has 2 saturated heterocycles. The van der Waals surface area contributed by atoms with Crippen LogP contribution in [0.15, 0.2) is 91.0 Å². The van der Waals surface area contributed by atoms with E-state index in [-0.39, 0.29) is 36.0 Å². The third kappa shape index (κ3) is 8.97. The molecule has 6 aromatic rings. The number of fused-ring (bicyclic) bond motifs is 2. The molecule has 4 aromatic carbocycles. The molecule has 0 radical (unpaired) electrons. The minimum Gasteiger partial charge on any atom is -0.452 e. The number of carbonyl (C=O) groups is 4. The van der Waals surface area contributed by atoms with Crippen molar-refractivity contribution in [3.63, 3.8) is 0 Å². The number of imidazole rings is 2. The number of hydrogen-bond donors (Lipinski definition) is 4. The van der Waals surface area contributed by atoms with E-state index in [9.17, 15) is 19.2 Å². The summed E-state index contributed by atoms with van der Waals surface area (Å²) >= 11 is 0. The molecule has 0 bridgehead atoms. The molecule has 2 aliphatic heterocycles. The first kappa shape index (κ1) is 42.4. The first-order chi connectivity index (χ1) is 30.9. The van der Waals surface area contributed by atoms with Crippen LogP contribution in [0.1, 0.15) is 95.9 Å². The molecule has 2 aromatic heterocycles. The zero-order valence-electron chi connectivity index (χ0n) is 36.7. The van der Waals surface area contributed by atoms with Crippen molar-refractivity contribution in [3.8, 4) is 22.3 Å². The SMILES string of the molecule is COC(=O)NN(C(=O)N1CCC[C@H]1c1nc2ccc(-c3ccc(-c4ccc5nc([C@@H]6CCCN6C(=O)C6CCC(NC(=O)OC(C)(C)C)CC6)[nH]c5c4)cc3)cc2[nH]1)c1ccccc1. The van der Waals surface area contributed by atoms with E-state index in [4.69, 9.17) is 19.4 Å². The van der Waals surface area contributed by atoms with Crippen LogP contribution in [0.5, 0.6) is 0 Å². The number of alkyl carbamates (subject to hydrolysis) is 1. The lowest BCUT2D eigenvalue weighted by Crippen LogP contribution is -2.52. The number of amides is 5. The second kappa shape index (κ2) is 17.7. The Morgan fingerprint density at radius 1 is 0.672 bits per heavy atom. The number of benzene rings is 4. The van der Waals surface area contributed by atoms with Crippen LogP contribution in [-0.4, -0.2) is 85.7 Å². The fourth-order valence-electron chi connectivity index (χ4n) is 9.44. The van der Waals surface area contributed by atoms with E-state index in [1.807, 2.05) is 43.9 Å². The van der Waals surface area contributed by atoms with Gasteiger partial charge in [-0.2, -0.15) is 5.01 Å². The molecule has 4 N–H and O–H groups in total. The predicted octanol–water partition coefficient (Wildman–Crippen LogP) is 9.55. The normalized spacial score (nSPS) is 20.1. The number of hydrazine groups is 1. The minimum absolute atomic E-state index is 0.0168. The van der Waals surface area contributed by atoms with Gasteiger partial charge in [0, 0.05) is 25.0 Å². The Morgan fingerprint density at radius 3 is 1.75 bits per heavy atom. The van der Waals surface area contributed by atoms with E-state index < -0.39 is 17.8 Å². The van der Waals surface area contributed by atoms with Crippen LogP contribution in [0.25, 0.3) is 44.3 Å². The molecule has 1 saturated carbocycles. The van der Waals surface area contributed by atoms with Gasteiger partial charge in [0.15, 0.2) is 0 Å². The topological polar surface area (TPSA) is 178 Å². The van der Waals surface area contributed by atoms with Crippen molar-refractivity contribution in [2.24, 2.45) is 5.92 Å². The van der Waals surface area contributed by atoms with Gasteiger partial charge in [0.1, 0.15) is 17.2 Å². The minimum atomic E-state index is -0.741. The number of para-hydroxylation sites is 1. The Hall–Kier alpha value is -6.90. The number of likely N-dealkylation sites (tertiary alicyclic amines) is 2. The maximum absolute atomic E-state index is 13.9. The third-order valence-corrected chi connectivity index (χ3v) is 12.6. The standard InChI is InChI=1S/C49H55N9O6/c1-49(2,3)64-46(60)50-35-22-18-32(19-23-35)45(59)56-26-8-12-41(56)43-51-37-24-20-33(28-39(37)53-43)30-14-16-31(17-15-30)34-21-25-38-40(29-34)54-44(52-38)42-13-9-27-57(42)48(62)58(55-47(61)63-4)36-10-6-5-7-11-36/h5-7,10-11,14-17,20-21,24-25,28-29,32,35,41-42H,8-9,12-13,18-19,22-23,26-27H2,1-4H3,(H,50,60)(H,51,53)(H,52,54)(H,55,61)/t32?,35?,41-,42-/m0/s1. The number of carbonyl (C=O) groups excluding carboxylic acids is 4. The molecule has 0 spiro atoms. The summed E-state index contributed by atoms with van der Waals surface area (Å²) in [4.78, 5) is 73.0. The molecule has 3 fully saturated rings. The zero-order valence-corrected chi connectivity index (χ0v) is 36.7. The number of hydrogen-bond acceptors (Lipinski definition) is 8. The van der Waals surface area contributed by atoms with Gasteiger partial charge in [0.05, 0.1) is 46.9 Å². The molecular formula is C49H55N9O6. The Labute approximate surface area is 371 Å². The maximum Gasteiger partial charge on any atom is 0.426 e. The van der Waals surface area contributed by atoms with E-state index in [0.717, 1.165) is 102 Å². The summed E-state index contributed by atoms with van der Waals surface area (Å²) in [5, 5.41) is 4.20. The van der Waals surface area contributed by atoms with Crippen LogP contribution in [0, 0.1) is 5.92 Å². The number of aromatic nitrogens is 4. The molecule has 9 rings (SSSR count). The number of anilines is 1. The first-order valence-electron chi connectivity index (χ1n) is 22.3. The van der Waals surface area contributed by atoms with E-state index in [1.165, 1.54) is 12.1 Å². The van der Waals surface area contributed by atoms with Gasteiger partial charge >= 0.3 is 18.2 Å². The molecule has 332 valence electrons. The highest BCUT2D eigenvalue weighted by Gasteiger charge is 2.38. The second-order valence-electron chi connectivity index (χ2n) is 18.1. The first-order valence-corrected chi connectivity index (χ1v) is 22.3. The van der Waals surface area contributed by atoms with E-state index in [0.29, 0.717) is 24.6 Å². The number of ether oxygens (including phenoxy) is 2. The number of urea groups is 1. The Kier molecular flexibility index (Phi) is 11.7. The average Bonchev–Trinajstić information content (AvgIpc) is 4.13.